The first-order valence-electron chi connectivity index (χ1n) is 12.7. The van der Waals surface area contributed by atoms with Gasteiger partial charge < -0.3 is 20.9 Å². The van der Waals surface area contributed by atoms with Crippen LogP contribution in [0.3, 0.4) is 0 Å². The van der Waals surface area contributed by atoms with Crippen LogP contribution in [0.5, 0.6) is 0 Å². The highest BCUT2D eigenvalue weighted by molar-refractivity contribution is 5.95. The number of piperazine rings is 1. The first-order chi connectivity index (χ1) is 18.0. The monoisotopic (exact) mass is 508 g/mol. The number of hydrogen-bond acceptors (Lipinski definition) is 6. The summed E-state index contributed by atoms with van der Waals surface area (Å²) < 4.78 is 14.7. The summed E-state index contributed by atoms with van der Waals surface area (Å²) in [6.45, 7) is 3.22. The molecule has 9 nitrogen and oxygen atoms in total. The van der Waals surface area contributed by atoms with Gasteiger partial charge in [0, 0.05) is 38.0 Å². The predicted molar refractivity (Wildman–Crippen MR) is 140 cm³/mol. The Morgan fingerprint density at radius 1 is 1.00 bits per heavy atom. The Bertz CT molecular complexity index is 1300. The van der Waals surface area contributed by atoms with Crippen LogP contribution in [-0.2, 0) is 11.2 Å². The van der Waals surface area contributed by atoms with E-state index in [1.807, 2.05) is 12.1 Å². The fourth-order valence-corrected chi connectivity index (χ4v) is 4.55. The lowest BCUT2D eigenvalue weighted by Gasteiger charge is -2.35. The Hall–Kier alpha value is -3.63. The van der Waals surface area contributed by atoms with Gasteiger partial charge in [-0.3, -0.25) is 14.4 Å². The summed E-state index contributed by atoms with van der Waals surface area (Å²) in [5.74, 6) is -0.992. The molecular formula is C27H33FN6O3. The molecule has 0 aliphatic carbocycles. The molecule has 0 bridgehead atoms. The van der Waals surface area contributed by atoms with E-state index in [9.17, 15) is 18.8 Å². The third kappa shape index (κ3) is 6.58. The number of carbonyl (C=O) groups is 2. The van der Waals surface area contributed by atoms with Gasteiger partial charge in [-0.15, -0.1) is 0 Å². The molecule has 0 unspecified atom stereocenters. The van der Waals surface area contributed by atoms with Gasteiger partial charge in [0.15, 0.2) is 0 Å². The number of benzene rings is 2. The number of amides is 2. The van der Waals surface area contributed by atoms with Crippen LogP contribution in [-0.4, -0.2) is 77.6 Å². The second kappa shape index (κ2) is 12.6. The summed E-state index contributed by atoms with van der Waals surface area (Å²) in [4.78, 5) is 41.0. The quantitative estimate of drug-likeness (QED) is 0.358. The van der Waals surface area contributed by atoms with Gasteiger partial charge in [0.1, 0.15) is 5.82 Å². The minimum absolute atomic E-state index is 0.000249. The summed E-state index contributed by atoms with van der Waals surface area (Å²) in [7, 11) is 0. The molecule has 1 aromatic heterocycles. The lowest BCUT2D eigenvalue weighted by molar-refractivity contribution is -0.131. The Morgan fingerprint density at radius 3 is 2.49 bits per heavy atom. The van der Waals surface area contributed by atoms with Gasteiger partial charge >= 0.3 is 0 Å². The van der Waals surface area contributed by atoms with Crippen molar-refractivity contribution in [3.63, 3.8) is 0 Å². The smallest absolute Gasteiger partial charge is 0.272 e. The van der Waals surface area contributed by atoms with Crippen LogP contribution in [0.15, 0.2) is 47.3 Å². The number of hydrogen-bond donors (Lipinski definition) is 3. The van der Waals surface area contributed by atoms with Gasteiger partial charge in [-0.1, -0.05) is 30.7 Å². The molecule has 4 N–H and O–H groups in total. The number of nitrogens with one attached hydrogen (secondary N) is 2. The Labute approximate surface area is 214 Å². The molecule has 3 aromatic rings. The molecule has 2 heterocycles. The van der Waals surface area contributed by atoms with Crippen LogP contribution in [0.1, 0.15) is 40.9 Å². The van der Waals surface area contributed by atoms with Crippen LogP contribution in [0.2, 0.25) is 0 Å². The fraction of sp³-hybridized carbons (Fsp3) is 0.407. The van der Waals surface area contributed by atoms with Crippen LogP contribution in [0, 0.1) is 5.82 Å². The van der Waals surface area contributed by atoms with E-state index in [4.69, 9.17) is 5.73 Å². The van der Waals surface area contributed by atoms with E-state index >= 15 is 0 Å². The maximum absolute atomic E-state index is 14.7. The summed E-state index contributed by atoms with van der Waals surface area (Å²) in [6, 6.07) is 11.6. The van der Waals surface area contributed by atoms with Crippen LogP contribution in [0.4, 0.5) is 4.39 Å². The highest BCUT2D eigenvalue weighted by Crippen LogP contribution is 2.20. The summed E-state index contributed by atoms with van der Waals surface area (Å²) in [6.07, 6.45) is 3.33. The van der Waals surface area contributed by atoms with Crippen LogP contribution in [0.25, 0.3) is 10.8 Å². The number of unbranched alkanes of at least 4 members (excludes halogenated alkanes) is 2. The Balaban J connectivity index is 1.36. The average molecular weight is 509 g/mol. The maximum Gasteiger partial charge on any atom is 0.272 e. The molecule has 0 saturated carbocycles. The number of nitrogens with two attached hydrogens (primary N) is 1. The highest BCUT2D eigenvalue weighted by atomic mass is 19.1. The molecule has 37 heavy (non-hydrogen) atoms. The standard InChI is InChI=1S/C27H33FN6O3/c28-23-9-8-19(17-24-20-6-2-3-7-21(20)26(36)32-31-24)16-22(23)27(37)34-14-12-33(13-15-34)25(35)18-30-11-5-1-4-10-29/h2-3,6-9,16,30H,1,4-5,10-15,17-18,29H2,(H,32,36). The number of aromatic nitrogens is 2. The Kier molecular flexibility index (Phi) is 8.97. The second-order valence-electron chi connectivity index (χ2n) is 9.24. The normalized spacial score (nSPS) is 13.8. The first-order valence-corrected chi connectivity index (χ1v) is 12.7. The van der Waals surface area contributed by atoms with Crippen molar-refractivity contribution in [3.8, 4) is 0 Å². The van der Waals surface area contributed by atoms with E-state index < -0.39 is 11.7 Å². The topological polar surface area (TPSA) is 124 Å². The van der Waals surface area contributed by atoms with Crippen molar-refractivity contribution in [1.29, 1.82) is 0 Å². The number of H-pyrrole nitrogens is 1. The molecule has 0 radical (unpaired) electrons. The number of fused-ring (bicyclic) bond motifs is 1. The first kappa shape index (κ1) is 26.4. The molecule has 0 spiro atoms. The number of halogens is 1. The molecule has 10 heteroatoms. The summed E-state index contributed by atoms with van der Waals surface area (Å²) >= 11 is 0. The number of aromatic amines is 1. The molecule has 1 fully saturated rings. The third-order valence-corrected chi connectivity index (χ3v) is 6.66. The van der Waals surface area contributed by atoms with Crippen molar-refractivity contribution in [1.82, 2.24) is 25.3 Å². The van der Waals surface area contributed by atoms with Crippen molar-refractivity contribution >= 4 is 22.6 Å². The molecule has 0 atom stereocenters. The zero-order chi connectivity index (χ0) is 26.2. The molecular weight excluding hydrogens is 475 g/mol. The predicted octanol–water partition coefficient (Wildman–Crippen LogP) is 1.66. The zero-order valence-corrected chi connectivity index (χ0v) is 20.8. The zero-order valence-electron chi connectivity index (χ0n) is 20.8. The van der Waals surface area contributed by atoms with E-state index in [-0.39, 0.29) is 23.6 Å². The van der Waals surface area contributed by atoms with Gasteiger partial charge in [-0.25, -0.2) is 9.49 Å². The molecule has 2 aromatic carbocycles. The lowest BCUT2D eigenvalue weighted by Crippen LogP contribution is -2.52. The Morgan fingerprint density at radius 2 is 1.73 bits per heavy atom. The minimum atomic E-state index is -0.592. The molecule has 1 aliphatic rings. The van der Waals surface area contributed by atoms with E-state index in [0.29, 0.717) is 61.2 Å². The van der Waals surface area contributed by atoms with Crippen molar-refractivity contribution in [2.45, 2.75) is 25.7 Å². The average Bonchev–Trinajstić information content (AvgIpc) is 2.93. The fourth-order valence-electron chi connectivity index (χ4n) is 4.55. The molecule has 4 rings (SSSR count). The number of rotatable bonds is 10. The molecule has 1 aliphatic heterocycles. The van der Waals surface area contributed by atoms with Crippen LogP contribution < -0.4 is 16.6 Å². The van der Waals surface area contributed by atoms with Crippen LogP contribution >= 0.6 is 0 Å². The van der Waals surface area contributed by atoms with Crippen molar-refractivity contribution in [2.75, 3.05) is 45.8 Å². The van der Waals surface area contributed by atoms with Crippen molar-refractivity contribution in [3.05, 3.63) is 75.5 Å². The SMILES string of the molecule is NCCCCCNCC(=O)N1CCN(C(=O)c2cc(Cc3n[nH]c(=O)c4ccccc34)ccc2F)CC1. The summed E-state index contributed by atoms with van der Waals surface area (Å²) in [5, 5.41) is 11.1. The number of carbonyl (C=O) groups excluding carboxylic acids is 2. The van der Waals surface area contributed by atoms with E-state index in [2.05, 4.69) is 15.5 Å². The molecule has 196 valence electrons. The minimum Gasteiger partial charge on any atom is -0.338 e. The van der Waals surface area contributed by atoms with E-state index in [1.165, 1.54) is 6.07 Å². The third-order valence-electron chi connectivity index (χ3n) is 6.66. The molecule has 2 amide bonds. The highest BCUT2D eigenvalue weighted by Gasteiger charge is 2.26. The van der Waals surface area contributed by atoms with Gasteiger partial charge in [0.05, 0.1) is 23.2 Å². The largest absolute Gasteiger partial charge is 0.338 e. The van der Waals surface area contributed by atoms with E-state index in [1.54, 1.807) is 34.1 Å². The molecule has 1 saturated heterocycles. The van der Waals surface area contributed by atoms with Gasteiger partial charge in [-0.2, -0.15) is 5.10 Å². The lowest BCUT2D eigenvalue weighted by atomic mass is 10.0. The van der Waals surface area contributed by atoms with Gasteiger partial charge in [-0.05, 0) is 49.7 Å². The maximum atomic E-state index is 14.7. The van der Waals surface area contributed by atoms with Gasteiger partial charge in [0.2, 0.25) is 5.91 Å². The summed E-state index contributed by atoms with van der Waals surface area (Å²) in [5.41, 5.74) is 6.55. The van der Waals surface area contributed by atoms with Gasteiger partial charge in [0.25, 0.3) is 11.5 Å². The van der Waals surface area contributed by atoms with E-state index in [0.717, 1.165) is 25.8 Å². The number of nitrogens with zero attached hydrogens (tertiary/aromatic N) is 3. The van der Waals surface area contributed by atoms with Crippen molar-refractivity contribution in [2.24, 2.45) is 5.73 Å². The second-order valence-corrected chi connectivity index (χ2v) is 9.24. The van der Waals surface area contributed by atoms with Crippen molar-refractivity contribution < 1.29 is 14.0 Å².